The van der Waals surface area contributed by atoms with Crippen LogP contribution in [0, 0.1) is 0 Å². The topological polar surface area (TPSA) is 41.6 Å². The van der Waals surface area contributed by atoms with Crippen molar-refractivity contribution in [3.05, 3.63) is 30.3 Å². The molecule has 0 radical (unpaired) electrons. The molecule has 1 fully saturated rings. The molecule has 0 bridgehead atoms. The Labute approximate surface area is 139 Å². The van der Waals surface area contributed by atoms with Crippen molar-refractivity contribution in [2.24, 2.45) is 0 Å². The van der Waals surface area contributed by atoms with Crippen LogP contribution < -0.4 is 10.1 Å². The second-order valence-corrected chi connectivity index (χ2v) is 5.91. The zero-order valence-electron chi connectivity index (χ0n) is 13.5. The van der Waals surface area contributed by atoms with Gasteiger partial charge in [-0.05, 0) is 45.4 Å². The Hall–Kier alpha value is -1.26. The monoisotopic (exact) mass is 326 g/mol. The predicted molar refractivity (Wildman–Crippen MR) is 91.7 cm³/mol. The number of hydrogen-bond donors (Lipinski definition) is 1. The Bertz CT molecular complexity index is 442. The van der Waals surface area contributed by atoms with Crippen molar-refractivity contribution in [2.45, 2.75) is 45.2 Å². The Morgan fingerprint density at radius 3 is 2.77 bits per heavy atom. The van der Waals surface area contributed by atoms with Crippen molar-refractivity contribution in [1.82, 2.24) is 10.2 Å². The summed E-state index contributed by atoms with van der Waals surface area (Å²) < 4.78 is 5.65. The van der Waals surface area contributed by atoms with Crippen molar-refractivity contribution in [3.63, 3.8) is 0 Å². The predicted octanol–water partition coefficient (Wildman–Crippen LogP) is 2.87. The van der Waals surface area contributed by atoms with E-state index < -0.39 is 0 Å². The highest BCUT2D eigenvalue weighted by Gasteiger charge is 2.21. The van der Waals surface area contributed by atoms with E-state index >= 15 is 0 Å². The summed E-state index contributed by atoms with van der Waals surface area (Å²) in [5.74, 6) is 0.927. The van der Waals surface area contributed by atoms with Gasteiger partial charge in [-0.25, -0.2) is 0 Å². The highest BCUT2D eigenvalue weighted by molar-refractivity contribution is 5.85. The molecule has 2 atom stereocenters. The number of nitrogens with zero attached hydrogens (tertiary/aromatic N) is 1. The van der Waals surface area contributed by atoms with Gasteiger partial charge in [0.1, 0.15) is 12.4 Å². The summed E-state index contributed by atoms with van der Waals surface area (Å²) in [7, 11) is 0. The molecule has 2 rings (SSSR count). The lowest BCUT2D eigenvalue weighted by atomic mass is 10.0. The van der Waals surface area contributed by atoms with Crippen LogP contribution in [0.3, 0.4) is 0 Å². The van der Waals surface area contributed by atoms with Crippen LogP contribution in [0.15, 0.2) is 30.3 Å². The van der Waals surface area contributed by atoms with Crippen LogP contribution in [0.5, 0.6) is 5.75 Å². The number of benzene rings is 1. The Morgan fingerprint density at radius 2 is 2.09 bits per heavy atom. The van der Waals surface area contributed by atoms with Crippen LogP contribution in [0.1, 0.15) is 33.1 Å². The number of rotatable bonds is 6. The van der Waals surface area contributed by atoms with E-state index in [1.165, 1.54) is 19.3 Å². The van der Waals surface area contributed by atoms with Crippen LogP contribution in [-0.2, 0) is 4.79 Å². The second kappa shape index (κ2) is 9.70. The van der Waals surface area contributed by atoms with Gasteiger partial charge in [0, 0.05) is 6.04 Å². The van der Waals surface area contributed by atoms with Gasteiger partial charge in [0.15, 0.2) is 0 Å². The van der Waals surface area contributed by atoms with Gasteiger partial charge >= 0.3 is 0 Å². The molecule has 0 spiro atoms. The molecule has 1 heterocycles. The first kappa shape index (κ1) is 18.8. The molecule has 1 aliphatic rings. The zero-order valence-corrected chi connectivity index (χ0v) is 14.3. The van der Waals surface area contributed by atoms with Gasteiger partial charge in [0.05, 0.1) is 12.6 Å². The standard InChI is InChI=1S/C17H26N2O2.ClH/c1-14(13-21-16-9-4-3-5-10-16)18-17(20)12-19-11-7-6-8-15(19)2;/h3-5,9-10,14-15H,6-8,11-13H2,1-2H3,(H,18,20);1H. The summed E-state index contributed by atoms with van der Waals surface area (Å²) in [6.07, 6.45) is 3.67. The molecule has 1 amide bonds. The highest BCUT2D eigenvalue weighted by Crippen LogP contribution is 2.15. The minimum Gasteiger partial charge on any atom is -0.491 e. The number of carbonyl (C=O) groups excluding carboxylic acids is 1. The summed E-state index contributed by atoms with van der Waals surface area (Å²) in [6.45, 7) is 6.19. The van der Waals surface area contributed by atoms with E-state index in [9.17, 15) is 4.79 Å². The summed E-state index contributed by atoms with van der Waals surface area (Å²) >= 11 is 0. The number of likely N-dealkylation sites (tertiary alicyclic amines) is 1. The molecule has 1 saturated heterocycles. The summed E-state index contributed by atoms with van der Waals surface area (Å²) in [4.78, 5) is 14.3. The molecule has 0 aliphatic carbocycles. The van der Waals surface area contributed by atoms with Crippen LogP contribution in [-0.4, -0.2) is 42.6 Å². The third kappa shape index (κ3) is 6.24. The molecule has 1 aliphatic heterocycles. The van der Waals surface area contributed by atoms with E-state index in [0.29, 0.717) is 19.2 Å². The number of piperidine rings is 1. The summed E-state index contributed by atoms with van der Waals surface area (Å²) in [6, 6.07) is 10.2. The summed E-state index contributed by atoms with van der Waals surface area (Å²) in [5, 5.41) is 3.01. The van der Waals surface area contributed by atoms with Crippen molar-refractivity contribution < 1.29 is 9.53 Å². The van der Waals surface area contributed by atoms with Crippen molar-refractivity contribution in [1.29, 1.82) is 0 Å². The van der Waals surface area contributed by atoms with E-state index in [0.717, 1.165) is 12.3 Å². The smallest absolute Gasteiger partial charge is 0.234 e. The van der Waals surface area contributed by atoms with Gasteiger partial charge in [-0.3, -0.25) is 9.69 Å². The molecule has 0 saturated carbocycles. The molecule has 22 heavy (non-hydrogen) atoms. The molecule has 5 heteroatoms. The number of amides is 1. The first-order chi connectivity index (χ1) is 10.1. The van der Waals surface area contributed by atoms with Gasteiger partial charge in [0.25, 0.3) is 0 Å². The average molecular weight is 327 g/mol. The van der Waals surface area contributed by atoms with E-state index in [1.807, 2.05) is 37.3 Å². The largest absolute Gasteiger partial charge is 0.491 e. The van der Waals surface area contributed by atoms with Crippen LogP contribution in [0.2, 0.25) is 0 Å². The number of hydrogen-bond acceptors (Lipinski definition) is 3. The fraction of sp³-hybridized carbons (Fsp3) is 0.588. The van der Waals surface area contributed by atoms with Gasteiger partial charge < -0.3 is 10.1 Å². The molecule has 0 aromatic heterocycles. The quantitative estimate of drug-likeness (QED) is 0.874. The summed E-state index contributed by atoms with van der Waals surface area (Å²) in [5.41, 5.74) is 0. The highest BCUT2D eigenvalue weighted by atomic mass is 35.5. The van der Waals surface area contributed by atoms with Gasteiger partial charge in [0.2, 0.25) is 5.91 Å². The number of halogens is 1. The molecule has 4 nitrogen and oxygen atoms in total. The first-order valence-corrected chi connectivity index (χ1v) is 7.86. The zero-order chi connectivity index (χ0) is 15.1. The minimum absolute atomic E-state index is 0. The third-order valence-corrected chi connectivity index (χ3v) is 3.94. The van der Waals surface area contributed by atoms with Crippen molar-refractivity contribution in [2.75, 3.05) is 19.7 Å². The van der Waals surface area contributed by atoms with E-state index in [-0.39, 0.29) is 24.4 Å². The number of carbonyl (C=O) groups is 1. The fourth-order valence-electron chi connectivity index (χ4n) is 2.68. The van der Waals surface area contributed by atoms with Crippen molar-refractivity contribution >= 4 is 18.3 Å². The molecule has 1 aromatic carbocycles. The minimum atomic E-state index is 0. The third-order valence-electron chi connectivity index (χ3n) is 3.94. The normalized spacial score (nSPS) is 19.8. The molecule has 1 aromatic rings. The Kier molecular flexibility index (Phi) is 8.28. The first-order valence-electron chi connectivity index (χ1n) is 7.86. The second-order valence-electron chi connectivity index (χ2n) is 5.91. The van der Waals surface area contributed by atoms with Crippen molar-refractivity contribution in [3.8, 4) is 5.75 Å². The lowest BCUT2D eigenvalue weighted by Gasteiger charge is -2.32. The maximum atomic E-state index is 12.1. The Morgan fingerprint density at radius 1 is 1.36 bits per heavy atom. The van der Waals surface area contributed by atoms with Gasteiger partial charge in [-0.2, -0.15) is 0 Å². The van der Waals surface area contributed by atoms with E-state index in [4.69, 9.17) is 4.74 Å². The maximum absolute atomic E-state index is 12.1. The lowest BCUT2D eigenvalue weighted by Crippen LogP contribution is -2.47. The van der Waals surface area contributed by atoms with Crippen LogP contribution in [0.25, 0.3) is 0 Å². The number of para-hydroxylation sites is 1. The van der Waals surface area contributed by atoms with Crippen LogP contribution in [0.4, 0.5) is 0 Å². The molecule has 124 valence electrons. The fourth-order valence-corrected chi connectivity index (χ4v) is 2.68. The number of nitrogens with one attached hydrogen (secondary N) is 1. The van der Waals surface area contributed by atoms with Crippen LogP contribution >= 0.6 is 12.4 Å². The lowest BCUT2D eigenvalue weighted by molar-refractivity contribution is -0.123. The molecule has 2 unspecified atom stereocenters. The average Bonchev–Trinajstić information content (AvgIpc) is 2.48. The van der Waals surface area contributed by atoms with Gasteiger partial charge in [-0.15, -0.1) is 12.4 Å². The number of ether oxygens (including phenoxy) is 1. The molecular formula is C17H27ClN2O2. The maximum Gasteiger partial charge on any atom is 0.234 e. The van der Waals surface area contributed by atoms with E-state index in [1.54, 1.807) is 0 Å². The molecular weight excluding hydrogens is 300 g/mol. The van der Waals surface area contributed by atoms with E-state index in [2.05, 4.69) is 17.1 Å². The Balaban J connectivity index is 0.00000242. The van der Waals surface area contributed by atoms with Gasteiger partial charge in [-0.1, -0.05) is 24.6 Å². The SMILES string of the molecule is CC(COc1ccccc1)NC(=O)CN1CCCCC1C.Cl. The molecule has 1 N–H and O–H groups in total.